The summed E-state index contributed by atoms with van der Waals surface area (Å²) in [6.45, 7) is 8.70. The molecule has 1 fully saturated rings. The van der Waals surface area contributed by atoms with Gasteiger partial charge in [0, 0.05) is 18.9 Å². The van der Waals surface area contributed by atoms with Crippen molar-refractivity contribution in [3.05, 3.63) is 0 Å². The number of carbonyl (C=O) groups is 1. The molecule has 0 amide bonds. The first-order valence-corrected chi connectivity index (χ1v) is 6.53. The van der Waals surface area contributed by atoms with Gasteiger partial charge in [0.2, 0.25) is 0 Å². The van der Waals surface area contributed by atoms with Crippen LogP contribution in [-0.2, 0) is 9.53 Å². The zero-order valence-corrected chi connectivity index (χ0v) is 10.7. The maximum Gasteiger partial charge on any atom is 0.137 e. The molecule has 0 bridgehead atoms. The van der Waals surface area contributed by atoms with Crippen molar-refractivity contribution in [3.8, 4) is 0 Å². The molecule has 0 radical (unpaired) electrons. The minimum atomic E-state index is 0.144. The van der Waals surface area contributed by atoms with E-state index < -0.39 is 0 Å². The Labute approximate surface area is 99.1 Å². The molecular weight excluding hydrogens is 202 g/mol. The van der Waals surface area contributed by atoms with E-state index in [1.54, 1.807) is 0 Å². The molecule has 3 nitrogen and oxygen atoms in total. The third kappa shape index (κ3) is 5.61. The summed E-state index contributed by atoms with van der Waals surface area (Å²) in [4.78, 5) is 13.8. The Morgan fingerprint density at radius 1 is 1.19 bits per heavy atom. The number of likely N-dealkylation sites (tertiary alicyclic amines) is 1. The van der Waals surface area contributed by atoms with Crippen molar-refractivity contribution >= 4 is 5.78 Å². The third-order valence-corrected chi connectivity index (χ3v) is 3.14. The van der Waals surface area contributed by atoms with Gasteiger partial charge in [0.15, 0.2) is 0 Å². The van der Waals surface area contributed by atoms with Gasteiger partial charge in [-0.25, -0.2) is 0 Å². The highest BCUT2D eigenvalue weighted by atomic mass is 16.5. The van der Waals surface area contributed by atoms with Crippen molar-refractivity contribution in [3.63, 3.8) is 0 Å². The molecule has 0 aliphatic carbocycles. The van der Waals surface area contributed by atoms with Crippen molar-refractivity contribution in [1.29, 1.82) is 0 Å². The highest BCUT2D eigenvalue weighted by molar-refractivity contribution is 5.80. The molecule has 1 aliphatic heterocycles. The lowest BCUT2D eigenvalue weighted by Crippen LogP contribution is -2.32. The van der Waals surface area contributed by atoms with E-state index in [9.17, 15) is 4.79 Å². The summed E-state index contributed by atoms with van der Waals surface area (Å²) in [6.07, 6.45) is 4.59. The predicted molar refractivity (Wildman–Crippen MR) is 65.6 cm³/mol. The summed E-state index contributed by atoms with van der Waals surface area (Å²) in [7, 11) is 0. The molecule has 0 aromatic rings. The number of ketones is 1. The lowest BCUT2D eigenvalue weighted by Gasteiger charge is -2.26. The maximum atomic E-state index is 11.3. The Kier molecular flexibility index (Phi) is 6.65. The summed E-state index contributed by atoms with van der Waals surface area (Å²) < 4.78 is 5.49. The smallest absolute Gasteiger partial charge is 0.137 e. The highest BCUT2D eigenvalue weighted by Crippen LogP contribution is 2.07. The van der Waals surface area contributed by atoms with Crippen LogP contribution in [0, 0.1) is 5.92 Å². The fraction of sp³-hybridized carbons (Fsp3) is 0.923. The summed E-state index contributed by atoms with van der Waals surface area (Å²) in [5.74, 6) is 0.448. The molecule has 1 heterocycles. The predicted octanol–water partition coefficient (Wildman–Crippen LogP) is 2.10. The third-order valence-electron chi connectivity index (χ3n) is 3.14. The summed E-state index contributed by atoms with van der Waals surface area (Å²) >= 11 is 0. The second-order valence-corrected chi connectivity index (χ2v) is 4.89. The van der Waals surface area contributed by atoms with Crippen LogP contribution in [-0.4, -0.2) is 43.5 Å². The number of piperidine rings is 1. The number of carbonyl (C=O) groups excluding carboxylic acids is 1. The molecule has 16 heavy (non-hydrogen) atoms. The summed E-state index contributed by atoms with van der Waals surface area (Å²) in [5, 5.41) is 0. The van der Waals surface area contributed by atoms with Gasteiger partial charge in [0.25, 0.3) is 0 Å². The highest BCUT2D eigenvalue weighted by Gasteiger charge is 2.10. The lowest BCUT2D eigenvalue weighted by molar-refractivity contribution is -0.123. The Bertz CT molecular complexity index is 198. The second kappa shape index (κ2) is 7.80. The van der Waals surface area contributed by atoms with Crippen molar-refractivity contribution < 1.29 is 9.53 Å². The SMILES string of the molecule is CC(C)C(=O)CCOCCN1CCCCC1. The van der Waals surface area contributed by atoms with Gasteiger partial charge in [-0.2, -0.15) is 0 Å². The van der Waals surface area contributed by atoms with Crippen LogP contribution >= 0.6 is 0 Å². The van der Waals surface area contributed by atoms with Crippen LogP contribution in [0.25, 0.3) is 0 Å². The molecule has 1 aliphatic rings. The van der Waals surface area contributed by atoms with Crippen molar-refractivity contribution in [1.82, 2.24) is 4.90 Å². The minimum absolute atomic E-state index is 0.144. The Morgan fingerprint density at radius 2 is 1.88 bits per heavy atom. The molecule has 0 spiro atoms. The standard InChI is InChI=1S/C13H25NO2/c1-12(2)13(15)6-10-16-11-9-14-7-4-3-5-8-14/h12H,3-11H2,1-2H3. The maximum absolute atomic E-state index is 11.3. The van der Waals surface area contributed by atoms with Crippen molar-refractivity contribution in [2.45, 2.75) is 39.5 Å². The van der Waals surface area contributed by atoms with E-state index in [0.29, 0.717) is 18.8 Å². The Balaban J connectivity index is 1.93. The lowest BCUT2D eigenvalue weighted by atomic mass is 10.1. The molecule has 1 rings (SSSR count). The molecule has 0 aromatic heterocycles. The second-order valence-electron chi connectivity index (χ2n) is 4.89. The summed E-state index contributed by atoms with van der Waals surface area (Å²) in [5.41, 5.74) is 0. The molecule has 1 saturated heterocycles. The molecule has 3 heteroatoms. The first-order valence-electron chi connectivity index (χ1n) is 6.53. The van der Waals surface area contributed by atoms with Gasteiger partial charge < -0.3 is 9.64 Å². The topological polar surface area (TPSA) is 29.5 Å². The van der Waals surface area contributed by atoms with E-state index in [1.807, 2.05) is 13.8 Å². The molecule has 0 saturated carbocycles. The fourth-order valence-corrected chi connectivity index (χ4v) is 1.94. The van der Waals surface area contributed by atoms with Crippen LogP contribution < -0.4 is 0 Å². The molecule has 0 unspecified atom stereocenters. The number of rotatable bonds is 7. The van der Waals surface area contributed by atoms with Gasteiger partial charge in [-0.3, -0.25) is 4.79 Å². The quantitative estimate of drug-likeness (QED) is 0.624. The number of Topliss-reactive ketones (excluding diaryl/α,β-unsaturated/α-hetero) is 1. The van der Waals surface area contributed by atoms with E-state index >= 15 is 0 Å². The molecule has 94 valence electrons. The van der Waals surface area contributed by atoms with E-state index in [-0.39, 0.29) is 5.92 Å². The zero-order chi connectivity index (χ0) is 11.8. The average Bonchev–Trinajstić information content (AvgIpc) is 2.29. The number of hydrogen-bond acceptors (Lipinski definition) is 3. The number of nitrogens with zero attached hydrogens (tertiary/aromatic N) is 1. The van der Waals surface area contributed by atoms with Crippen LogP contribution in [0.2, 0.25) is 0 Å². The Hall–Kier alpha value is -0.410. The van der Waals surface area contributed by atoms with Gasteiger partial charge in [-0.1, -0.05) is 20.3 Å². The van der Waals surface area contributed by atoms with E-state index in [1.165, 1.54) is 32.4 Å². The molecule has 0 aromatic carbocycles. The van der Waals surface area contributed by atoms with Crippen molar-refractivity contribution in [2.75, 3.05) is 32.8 Å². The van der Waals surface area contributed by atoms with Gasteiger partial charge in [-0.15, -0.1) is 0 Å². The summed E-state index contributed by atoms with van der Waals surface area (Å²) in [6, 6.07) is 0. The minimum Gasteiger partial charge on any atom is -0.380 e. The van der Waals surface area contributed by atoms with Crippen LogP contribution in [0.3, 0.4) is 0 Å². The monoisotopic (exact) mass is 227 g/mol. The normalized spacial score (nSPS) is 17.9. The Morgan fingerprint density at radius 3 is 2.50 bits per heavy atom. The van der Waals surface area contributed by atoms with E-state index in [2.05, 4.69) is 4.90 Å². The first kappa shape index (κ1) is 13.7. The number of ether oxygens (including phenoxy) is 1. The molecular formula is C13H25NO2. The van der Waals surface area contributed by atoms with Crippen LogP contribution in [0.5, 0.6) is 0 Å². The molecule has 0 N–H and O–H groups in total. The van der Waals surface area contributed by atoms with E-state index in [4.69, 9.17) is 4.74 Å². The van der Waals surface area contributed by atoms with Gasteiger partial charge in [0.05, 0.1) is 13.2 Å². The molecule has 0 atom stereocenters. The van der Waals surface area contributed by atoms with Crippen molar-refractivity contribution in [2.24, 2.45) is 5.92 Å². The number of hydrogen-bond donors (Lipinski definition) is 0. The zero-order valence-electron chi connectivity index (χ0n) is 10.7. The first-order chi connectivity index (χ1) is 7.70. The largest absolute Gasteiger partial charge is 0.380 e. The van der Waals surface area contributed by atoms with Crippen LogP contribution in [0.4, 0.5) is 0 Å². The average molecular weight is 227 g/mol. The van der Waals surface area contributed by atoms with Crippen LogP contribution in [0.1, 0.15) is 39.5 Å². The van der Waals surface area contributed by atoms with Crippen LogP contribution in [0.15, 0.2) is 0 Å². The fourth-order valence-electron chi connectivity index (χ4n) is 1.94. The van der Waals surface area contributed by atoms with Gasteiger partial charge >= 0.3 is 0 Å². The van der Waals surface area contributed by atoms with E-state index in [0.717, 1.165) is 13.2 Å². The van der Waals surface area contributed by atoms with Gasteiger partial charge in [0.1, 0.15) is 5.78 Å². The van der Waals surface area contributed by atoms with Gasteiger partial charge in [-0.05, 0) is 25.9 Å².